The third-order valence-electron chi connectivity index (χ3n) is 5.73. The van der Waals surface area contributed by atoms with Crippen molar-refractivity contribution >= 4 is 23.0 Å². The van der Waals surface area contributed by atoms with Gasteiger partial charge in [0.15, 0.2) is 5.71 Å². The number of alkyl halides is 3. The summed E-state index contributed by atoms with van der Waals surface area (Å²) in [5.74, 6) is 0.0383. The van der Waals surface area contributed by atoms with Crippen molar-refractivity contribution in [1.29, 1.82) is 0 Å². The normalized spacial score (nSPS) is 12.5. The van der Waals surface area contributed by atoms with Gasteiger partial charge in [-0.25, -0.2) is 0 Å². The molecule has 3 aromatic carbocycles. The van der Waals surface area contributed by atoms with E-state index in [4.69, 9.17) is 19.2 Å². The molecule has 1 amide bonds. The lowest BCUT2D eigenvalue weighted by atomic mass is 10.0. The Kier molecular flexibility index (Phi) is 11.5. The molecule has 0 heterocycles. The largest absolute Gasteiger partial charge is 0.489 e. The molecule has 0 spiro atoms. The van der Waals surface area contributed by atoms with Gasteiger partial charge in [-0.3, -0.25) is 4.79 Å². The molecule has 0 saturated carbocycles. The van der Waals surface area contributed by atoms with Gasteiger partial charge in [0, 0.05) is 23.7 Å². The van der Waals surface area contributed by atoms with Crippen molar-refractivity contribution in [1.82, 2.24) is 5.32 Å². The molecule has 0 bridgehead atoms. The van der Waals surface area contributed by atoms with Crippen LogP contribution in [-0.2, 0) is 38.7 Å². The topological polar surface area (TPSA) is 103 Å². The molecule has 222 valence electrons. The number of amides is 1. The predicted octanol–water partition coefficient (Wildman–Crippen LogP) is 5.71. The SMILES string of the molecule is CCO/N=C(\C(C)=NOCc1ccccc1C(=NOC)C(=O)NC)c1ccc(OCc2cccc(C(F)(F)F)c2)cc1. The average Bonchev–Trinajstić information content (AvgIpc) is 2.99. The monoisotopic (exact) mass is 584 g/mol. The minimum absolute atomic E-state index is 0.0253. The summed E-state index contributed by atoms with van der Waals surface area (Å²) < 4.78 is 44.6. The number of oxime groups is 3. The Bertz CT molecular complexity index is 1440. The Balaban J connectivity index is 1.73. The number of nitrogens with zero attached hydrogens (tertiary/aromatic N) is 3. The quantitative estimate of drug-likeness (QED) is 0.205. The second-order valence-corrected chi connectivity index (χ2v) is 8.68. The predicted molar refractivity (Wildman–Crippen MR) is 152 cm³/mol. The highest BCUT2D eigenvalue weighted by Gasteiger charge is 2.30. The Morgan fingerprint density at radius 2 is 1.62 bits per heavy atom. The molecular formula is C30H31F3N4O5. The van der Waals surface area contributed by atoms with Crippen LogP contribution in [0.25, 0.3) is 0 Å². The third kappa shape index (κ3) is 8.82. The lowest BCUT2D eigenvalue weighted by Crippen LogP contribution is -2.29. The number of nitrogens with one attached hydrogen (secondary N) is 1. The second kappa shape index (κ2) is 15.2. The maximum atomic E-state index is 13.0. The Labute approximate surface area is 241 Å². The van der Waals surface area contributed by atoms with Crippen LogP contribution in [-0.4, -0.2) is 43.8 Å². The summed E-state index contributed by atoms with van der Waals surface area (Å²) in [5.41, 5.74) is 2.39. The van der Waals surface area contributed by atoms with Crippen LogP contribution < -0.4 is 10.1 Å². The number of carbonyl (C=O) groups is 1. The third-order valence-corrected chi connectivity index (χ3v) is 5.73. The van der Waals surface area contributed by atoms with Gasteiger partial charge >= 0.3 is 6.18 Å². The lowest BCUT2D eigenvalue weighted by Gasteiger charge is -2.12. The molecule has 3 aromatic rings. The van der Waals surface area contributed by atoms with Gasteiger partial charge in [-0.1, -0.05) is 51.9 Å². The Morgan fingerprint density at radius 3 is 2.29 bits per heavy atom. The molecule has 0 atom stereocenters. The van der Waals surface area contributed by atoms with Crippen molar-refractivity contribution in [3.8, 4) is 5.75 Å². The van der Waals surface area contributed by atoms with Crippen LogP contribution in [0.5, 0.6) is 5.75 Å². The summed E-state index contributed by atoms with van der Waals surface area (Å²) in [4.78, 5) is 28.0. The van der Waals surface area contributed by atoms with Crippen LogP contribution in [0.2, 0.25) is 0 Å². The first kappa shape index (κ1) is 31.7. The molecule has 0 aliphatic carbocycles. The first-order valence-electron chi connectivity index (χ1n) is 12.9. The van der Waals surface area contributed by atoms with Gasteiger partial charge in [0.05, 0.1) is 5.56 Å². The van der Waals surface area contributed by atoms with E-state index < -0.39 is 17.6 Å². The number of carbonyl (C=O) groups excluding carboxylic acids is 1. The van der Waals surface area contributed by atoms with E-state index in [1.54, 1.807) is 68.4 Å². The Morgan fingerprint density at radius 1 is 0.881 bits per heavy atom. The van der Waals surface area contributed by atoms with Gasteiger partial charge < -0.3 is 24.6 Å². The fraction of sp³-hybridized carbons (Fsp3) is 0.267. The van der Waals surface area contributed by atoms with Gasteiger partial charge in [0.1, 0.15) is 44.1 Å². The van der Waals surface area contributed by atoms with Gasteiger partial charge in [0.2, 0.25) is 0 Å². The van der Waals surface area contributed by atoms with Crippen molar-refractivity contribution in [2.45, 2.75) is 33.2 Å². The van der Waals surface area contributed by atoms with Crippen molar-refractivity contribution in [2.75, 3.05) is 20.8 Å². The van der Waals surface area contributed by atoms with Gasteiger partial charge in [-0.2, -0.15) is 13.2 Å². The van der Waals surface area contributed by atoms with E-state index in [-0.39, 0.29) is 18.9 Å². The maximum Gasteiger partial charge on any atom is 0.416 e. The zero-order chi connectivity index (χ0) is 30.5. The summed E-state index contributed by atoms with van der Waals surface area (Å²) in [6, 6.07) is 18.8. The fourth-order valence-electron chi connectivity index (χ4n) is 3.71. The summed E-state index contributed by atoms with van der Waals surface area (Å²) in [5, 5.41) is 14.7. The summed E-state index contributed by atoms with van der Waals surface area (Å²) in [6.07, 6.45) is -4.42. The zero-order valence-corrected chi connectivity index (χ0v) is 23.6. The van der Waals surface area contributed by atoms with Crippen LogP contribution in [0.4, 0.5) is 13.2 Å². The van der Waals surface area contributed by atoms with E-state index >= 15 is 0 Å². The molecule has 1 N–H and O–H groups in total. The van der Waals surface area contributed by atoms with E-state index in [0.717, 1.165) is 12.1 Å². The second-order valence-electron chi connectivity index (χ2n) is 8.68. The van der Waals surface area contributed by atoms with E-state index in [2.05, 4.69) is 20.8 Å². The van der Waals surface area contributed by atoms with Crippen molar-refractivity contribution in [3.05, 3.63) is 101 Å². The standard InChI is InChI=1S/C30H31F3N4O5/c1-5-41-37-27(20(2)35-42-19-23-10-6-7-12-26(23)28(36-39-4)29(38)34-3)22-13-15-25(16-14-22)40-18-21-9-8-11-24(17-21)30(31,32)33/h6-17H,5,18-19H2,1-4H3,(H,34,38)/b35-20?,36-28?,37-27+. The minimum Gasteiger partial charge on any atom is -0.489 e. The summed E-state index contributed by atoms with van der Waals surface area (Å²) in [7, 11) is 2.85. The lowest BCUT2D eigenvalue weighted by molar-refractivity contribution is -0.137. The fourth-order valence-corrected chi connectivity index (χ4v) is 3.71. The maximum absolute atomic E-state index is 13.0. The molecule has 0 aromatic heterocycles. The van der Waals surface area contributed by atoms with Gasteiger partial charge in [-0.05, 0) is 55.8 Å². The highest BCUT2D eigenvalue weighted by atomic mass is 19.4. The smallest absolute Gasteiger partial charge is 0.416 e. The van der Waals surface area contributed by atoms with Crippen LogP contribution >= 0.6 is 0 Å². The van der Waals surface area contributed by atoms with Crippen molar-refractivity contribution < 1.29 is 37.2 Å². The number of benzene rings is 3. The van der Waals surface area contributed by atoms with Gasteiger partial charge in [0.25, 0.3) is 5.91 Å². The molecule has 0 aliphatic heterocycles. The van der Waals surface area contributed by atoms with Crippen LogP contribution in [0.15, 0.2) is 88.3 Å². The molecule has 0 unspecified atom stereocenters. The number of hydrogen-bond donors (Lipinski definition) is 1. The molecule has 12 heteroatoms. The van der Waals surface area contributed by atoms with Crippen molar-refractivity contribution in [3.63, 3.8) is 0 Å². The van der Waals surface area contributed by atoms with Crippen LogP contribution in [0.1, 0.15) is 41.7 Å². The molecule has 0 radical (unpaired) electrons. The number of halogens is 3. The van der Waals surface area contributed by atoms with Crippen LogP contribution in [0, 0.1) is 0 Å². The molecule has 0 aliphatic rings. The molecule has 3 rings (SSSR count). The van der Waals surface area contributed by atoms with Crippen LogP contribution in [0.3, 0.4) is 0 Å². The summed E-state index contributed by atoms with van der Waals surface area (Å²) in [6.45, 7) is 3.80. The molecule has 0 fully saturated rings. The first-order chi connectivity index (χ1) is 20.2. The first-order valence-corrected chi connectivity index (χ1v) is 12.9. The molecular weight excluding hydrogens is 553 g/mol. The van der Waals surface area contributed by atoms with E-state index in [1.807, 2.05) is 0 Å². The molecule has 0 saturated heterocycles. The minimum atomic E-state index is -4.42. The highest BCUT2D eigenvalue weighted by molar-refractivity contribution is 6.47. The number of likely N-dealkylation sites (N-methyl/N-ethyl adjacent to an activating group) is 1. The van der Waals surface area contributed by atoms with E-state index in [0.29, 0.717) is 46.0 Å². The number of rotatable bonds is 13. The van der Waals surface area contributed by atoms with Crippen molar-refractivity contribution in [2.24, 2.45) is 15.5 Å². The number of hydrogen-bond acceptors (Lipinski definition) is 8. The molecule has 42 heavy (non-hydrogen) atoms. The van der Waals surface area contributed by atoms with E-state index in [1.165, 1.54) is 20.2 Å². The average molecular weight is 585 g/mol. The van der Waals surface area contributed by atoms with E-state index in [9.17, 15) is 18.0 Å². The summed E-state index contributed by atoms with van der Waals surface area (Å²) >= 11 is 0. The van der Waals surface area contributed by atoms with Gasteiger partial charge in [-0.15, -0.1) is 0 Å². The zero-order valence-electron chi connectivity index (χ0n) is 23.6. The highest BCUT2D eigenvalue weighted by Crippen LogP contribution is 2.29. The molecule has 9 nitrogen and oxygen atoms in total. The Hall–Kier alpha value is -4.87. The number of ether oxygens (including phenoxy) is 1.